The van der Waals surface area contributed by atoms with Crippen molar-refractivity contribution in [2.24, 2.45) is 0 Å². The van der Waals surface area contributed by atoms with Gasteiger partial charge >= 0.3 is 6.18 Å². The van der Waals surface area contributed by atoms with E-state index in [2.05, 4.69) is 14.5 Å². The smallest absolute Gasteiger partial charge is 0.237 e. The highest BCUT2D eigenvalue weighted by atomic mass is 32.1. The van der Waals surface area contributed by atoms with Crippen LogP contribution >= 0.6 is 11.3 Å². The summed E-state index contributed by atoms with van der Waals surface area (Å²) in [5.41, 5.74) is 0.226. The molecule has 0 radical (unpaired) electrons. The van der Waals surface area contributed by atoms with Crippen LogP contribution in [0.15, 0.2) is 35.7 Å². The highest BCUT2D eigenvalue weighted by Gasteiger charge is 2.43. The van der Waals surface area contributed by atoms with E-state index in [1.807, 2.05) is 6.07 Å². The van der Waals surface area contributed by atoms with Crippen LogP contribution in [0.4, 0.5) is 18.9 Å². The van der Waals surface area contributed by atoms with E-state index in [4.69, 9.17) is 19.7 Å². The molecule has 2 aliphatic carbocycles. The molecule has 5 rings (SSSR count). The van der Waals surface area contributed by atoms with Gasteiger partial charge < -0.3 is 0 Å². The fourth-order valence-electron chi connectivity index (χ4n) is 4.97. The number of nitriles is 3. The van der Waals surface area contributed by atoms with Gasteiger partial charge in [0.2, 0.25) is 0 Å². The first-order valence-electron chi connectivity index (χ1n) is 10.6. The molecule has 0 unspecified atom stereocenters. The maximum absolute atomic E-state index is 13.8. The largest absolute Gasteiger partial charge is 0.417 e. The zero-order chi connectivity index (χ0) is 27.5. The molecule has 0 saturated carbocycles. The van der Waals surface area contributed by atoms with E-state index in [0.717, 1.165) is 17.4 Å². The number of alkyl halides is 3. The maximum Gasteiger partial charge on any atom is 0.417 e. The second-order valence-electron chi connectivity index (χ2n) is 8.19. The van der Waals surface area contributed by atoms with Gasteiger partial charge in [0.05, 0.1) is 43.0 Å². The number of halogens is 3. The average molecular weight is 516 g/mol. The number of thiophene rings is 1. The highest BCUT2D eigenvalue weighted by molar-refractivity contribution is 7.16. The minimum Gasteiger partial charge on any atom is -0.237 e. The van der Waals surface area contributed by atoms with Gasteiger partial charge in [0.1, 0.15) is 6.07 Å². The lowest BCUT2D eigenvalue weighted by atomic mass is 9.92. The number of aryl methyl sites for hydroxylation is 1. The molecule has 0 amide bonds. The third-order valence-electron chi connectivity index (χ3n) is 6.42. The van der Waals surface area contributed by atoms with Gasteiger partial charge in [-0.3, -0.25) is 0 Å². The van der Waals surface area contributed by atoms with Crippen molar-refractivity contribution in [3.05, 3.63) is 107 Å². The molecule has 0 N–H and O–H groups in total. The van der Waals surface area contributed by atoms with Gasteiger partial charge in [0.25, 0.3) is 11.4 Å². The standard InChI is InChI=1S/C28H7F3N6S/c1-12-5-6-14-20(25(12)37-4)24(18(11-34)36-3)27-22(14)21-13-7-8-16(28(29,30)31)15(9-32)19(13)23(26(21)38-27)17(10-33)35-2/h5-8H,1H3/b23-17-,24-18+. The first-order chi connectivity index (χ1) is 18.2. The van der Waals surface area contributed by atoms with Gasteiger partial charge in [-0.2, -0.15) is 18.4 Å². The Bertz CT molecular complexity index is 1950. The van der Waals surface area contributed by atoms with E-state index in [9.17, 15) is 29.0 Å². The van der Waals surface area contributed by atoms with Crippen LogP contribution in [0.2, 0.25) is 0 Å². The summed E-state index contributed by atoms with van der Waals surface area (Å²) in [4.78, 5) is 11.0. The van der Waals surface area contributed by atoms with Crippen LogP contribution in [0.25, 0.3) is 47.9 Å². The Morgan fingerprint density at radius 1 is 0.816 bits per heavy atom. The van der Waals surface area contributed by atoms with Gasteiger partial charge in [-0.05, 0) is 40.8 Å². The molecule has 0 fully saturated rings. The molecule has 0 saturated heterocycles. The number of rotatable bonds is 0. The SMILES string of the molecule is [C-]#[N+]/C(C#N)=C1\c2sc3c(c2-c2ccc(C(F)(F)F)c(C#N)c21)-c1ccc(C)c([N+]#[C-])c1/C3=C(/C#N)[N+]#[C-]. The number of allylic oxidation sites excluding steroid dienone is 2. The first-order valence-corrected chi connectivity index (χ1v) is 11.4. The quantitative estimate of drug-likeness (QED) is 0.155. The van der Waals surface area contributed by atoms with Crippen molar-refractivity contribution in [1.29, 1.82) is 15.8 Å². The summed E-state index contributed by atoms with van der Waals surface area (Å²) >= 11 is 1.02. The van der Waals surface area contributed by atoms with Gasteiger partial charge in [-0.1, -0.05) is 18.2 Å². The van der Waals surface area contributed by atoms with Crippen molar-refractivity contribution in [2.45, 2.75) is 13.1 Å². The Hall–Kier alpha value is -5.65. The summed E-state index contributed by atoms with van der Waals surface area (Å²) < 4.78 is 41.5. The zero-order valence-electron chi connectivity index (χ0n) is 19.0. The number of nitrogens with zero attached hydrogens (tertiary/aromatic N) is 6. The molecular formula is C28H7F3N6S. The Balaban J connectivity index is 2.04. The van der Waals surface area contributed by atoms with Crippen molar-refractivity contribution in [3.8, 4) is 40.5 Å². The molecule has 6 nitrogen and oxygen atoms in total. The van der Waals surface area contributed by atoms with Crippen molar-refractivity contribution < 1.29 is 13.2 Å². The molecule has 2 aromatic carbocycles. The van der Waals surface area contributed by atoms with E-state index in [1.54, 1.807) is 31.2 Å². The number of benzene rings is 2. The lowest BCUT2D eigenvalue weighted by molar-refractivity contribution is -0.137. The Labute approximate surface area is 218 Å². The molecule has 3 aromatic rings. The topological polar surface area (TPSA) is 84.5 Å². The number of fused-ring (bicyclic) bond motifs is 7. The van der Waals surface area contributed by atoms with Gasteiger partial charge in [0, 0.05) is 32.0 Å². The van der Waals surface area contributed by atoms with Gasteiger partial charge in [-0.25, -0.2) is 25.1 Å². The van der Waals surface area contributed by atoms with E-state index in [1.165, 1.54) is 6.07 Å². The lowest BCUT2D eigenvalue weighted by Gasteiger charge is -2.14. The van der Waals surface area contributed by atoms with Crippen LogP contribution in [0, 0.1) is 60.6 Å². The van der Waals surface area contributed by atoms with Crippen molar-refractivity contribution in [3.63, 3.8) is 0 Å². The van der Waals surface area contributed by atoms with Crippen molar-refractivity contribution in [1.82, 2.24) is 0 Å². The highest BCUT2D eigenvalue weighted by Crippen LogP contribution is 2.63. The summed E-state index contributed by atoms with van der Waals surface area (Å²) in [6, 6.07) is 10.7. The van der Waals surface area contributed by atoms with Gasteiger partial charge in [0.15, 0.2) is 5.69 Å². The van der Waals surface area contributed by atoms with Crippen LogP contribution in [-0.4, -0.2) is 0 Å². The minimum absolute atomic E-state index is 0.0886. The summed E-state index contributed by atoms with van der Waals surface area (Å²) in [7, 11) is 0. The Morgan fingerprint density at radius 2 is 1.34 bits per heavy atom. The van der Waals surface area contributed by atoms with E-state index >= 15 is 0 Å². The molecule has 1 heterocycles. The predicted octanol–water partition coefficient (Wildman–Crippen LogP) is 7.86. The third kappa shape index (κ3) is 2.94. The van der Waals surface area contributed by atoms with Crippen LogP contribution in [0.5, 0.6) is 0 Å². The zero-order valence-corrected chi connectivity index (χ0v) is 19.9. The average Bonchev–Trinajstić information content (AvgIpc) is 3.51. The summed E-state index contributed by atoms with van der Waals surface area (Å²) in [6.07, 6.45) is -4.85. The Morgan fingerprint density at radius 3 is 1.82 bits per heavy atom. The molecule has 0 atom stereocenters. The molecular weight excluding hydrogens is 509 g/mol. The van der Waals surface area contributed by atoms with Crippen LogP contribution in [0.1, 0.15) is 37.6 Å². The molecule has 0 aliphatic heterocycles. The molecule has 0 bridgehead atoms. The third-order valence-corrected chi connectivity index (χ3v) is 7.65. The van der Waals surface area contributed by atoms with E-state index in [0.29, 0.717) is 37.6 Å². The monoisotopic (exact) mass is 516 g/mol. The first kappa shape index (κ1) is 24.1. The lowest BCUT2D eigenvalue weighted by Crippen LogP contribution is -2.09. The molecule has 2 aliphatic rings. The maximum atomic E-state index is 13.8. The summed E-state index contributed by atoms with van der Waals surface area (Å²) in [6.45, 7) is 24.5. The number of hydrogen-bond acceptors (Lipinski definition) is 4. The predicted molar refractivity (Wildman–Crippen MR) is 132 cm³/mol. The fraction of sp³-hybridized carbons (Fsp3) is 0.0714. The van der Waals surface area contributed by atoms with Crippen LogP contribution < -0.4 is 0 Å². The van der Waals surface area contributed by atoms with Crippen LogP contribution in [0.3, 0.4) is 0 Å². The minimum atomic E-state index is -4.85. The molecule has 0 spiro atoms. The molecule has 176 valence electrons. The summed E-state index contributed by atoms with van der Waals surface area (Å²) in [5.74, 6) is 0. The fourth-order valence-corrected chi connectivity index (χ4v) is 6.41. The number of hydrogen-bond donors (Lipinski definition) is 0. The van der Waals surface area contributed by atoms with Crippen molar-refractivity contribution >= 4 is 28.2 Å². The van der Waals surface area contributed by atoms with E-state index in [-0.39, 0.29) is 33.7 Å². The molecule has 10 heteroatoms. The van der Waals surface area contributed by atoms with Crippen molar-refractivity contribution in [2.75, 3.05) is 0 Å². The van der Waals surface area contributed by atoms with Crippen LogP contribution in [-0.2, 0) is 6.18 Å². The Kier molecular flexibility index (Phi) is 5.19. The second kappa shape index (κ2) is 8.20. The molecule has 38 heavy (non-hydrogen) atoms. The normalized spacial score (nSPS) is 14.8. The summed E-state index contributed by atoms with van der Waals surface area (Å²) in [5, 5.41) is 29.2. The van der Waals surface area contributed by atoms with E-state index < -0.39 is 23.0 Å². The molecule has 1 aromatic heterocycles. The van der Waals surface area contributed by atoms with Gasteiger partial charge in [-0.15, -0.1) is 11.3 Å². The second-order valence-corrected chi connectivity index (χ2v) is 9.21.